The van der Waals surface area contributed by atoms with Crippen LogP contribution >= 0.6 is 10.0 Å². The van der Waals surface area contributed by atoms with Gasteiger partial charge in [-0.1, -0.05) is 0 Å². The number of halogens is 1. The molecule has 1 aliphatic carbocycles. The van der Waals surface area contributed by atoms with Crippen molar-refractivity contribution in [3.63, 3.8) is 0 Å². The molecule has 0 fully saturated rings. The molecule has 0 aliphatic heterocycles. The van der Waals surface area contributed by atoms with Gasteiger partial charge in [0.2, 0.25) is 0 Å². The minimum absolute atomic E-state index is 0.0473. The molecule has 2 atom stereocenters. The molecule has 38 heavy (non-hydrogen) atoms. The summed E-state index contributed by atoms with van der Waals surface area (Å²) in [6.07, 6.45) is 0. The Labute approximate surface area is 233 Å². The van der Waals surface area contributed by atoms with Crippen molar-refractivity contribution in [3.05, 3.63) is 179 Å². The van der Waals surface area contributed by atoms with E-state index in [9.17, 15) is 0 Å². The molecule has 0 saturated heterocycles. The molecule has 0 N–H and O–H groups in total. The monoisotopic (exact) mass is 572 g/mol. The third-order valence-electron chi connectivity index (χ3n) is 8.06. The van der Waals surface area contributed by atoms with Crippen LogP contribution in [-0.2, 0) is 4.25 Å². The normalized spacial score (nSPS) is 19.2. The summed E-state index contributed by atoms with van der Waals surface area (Å²) >= 11 is -3.17. The maximum atomic E-state index is 7.89. The Bertz CT molecular complexity index is 1570. The molecule has 2 heteroatoms. The quantitative estimate of drug-likeness (QED) is 0.184. The zero-order chi connectivity index (χ0) is 26.2. The minimum atomic E-state index is -3.17. The zero-order valence-electron chi connectivity index (χ0n) is 21.8. The van der Waals surface area contributed by atoms with Crippen molar-refractivity contribution in [3.8, 4) is 0 Å². The van der Waals surface area contributed by atoms with Gasteiger partial charge in [0.15, 0.2) is 0 Å². The van der Waals surface area contributed by atoms with Crippen LogP contribution in [0.3, 0.4) is 0 Å². The van der Waals surface area contributed by atoms with E-state index in [0.717, 1.165) is 0 Å². The van der Waals surface area contributed by atoms with Gasteiger partial charge in [-0.05, 0) is 0 Å². The van der Waals surface area contributed by atoms with Crippen molar-refractivity contribution in [2.75, 3.05) is 0 Å². The SMILES string of the molecule is [CH3][Ge]([CH3])([Cl])[C]1(c2ccccc2)c2ccccc2C(c2ccccc2)=C(c2ccccc2)C1c1ccccc1. The van der Waals surface area contributed by atoms with Crippen molar-refractivity contribution >= 4 is 33.5 Å². The predicted molar refractivity (Wildman–Crippen MR) is 165 cm³/mol. The number of hydrogen-bond acceptors (Lipinski definition) is 0. The molecule has 0 saturated carbocycles. The first-order valence-electron chi connectivity index (χ1n) is 13.3. The molecule has 5 aromatic carbocycles. The van der Waals surface area contributed by atoms with E-state index in [2.05, 4.69) is 157 Å². The molecule has 0 amide bonds. The molecule has 0 spiro atoms. The molecule has 0 aromatic heterocycles. The Morgan fingerprint density at radius 2 is 1.03 bits per heavy atom. The van der Waals surface area contributed by atoms with Gasteiger partial charge in [-0.15, -0.1) is 0 Å². The van der Waals surface area contributed by atoms with Gasteiger partial charge in [0.25, 0.3) is 0 Å². The van der Waals surface area contributed by atoms with E-state index in [-0.39, 0.29) is 10.2 Å². The van der Waals surface area contributed by atoms with E-state index < -0.39 is 12.3 Å². The van der Waals surface area contributed by atoms with Gasteiger partial charge in [-0.3, -0.25) is 0 Å². The fraction of sp³-hybridized carbons (Fsp3) is 0.111. The van der Waals surface area contributed by atoms with Crippen LogP contribution in [0.15, 0.2) is 146 Å². The average molecular weight is 572 g/mol. The van der Waals surface area contributed by atoms with Gasteiger partial charge < -0.3 is 0 Å². The van der Waals surface area contributed by atoms with Gasteiger partial charge in [0.1, 0.15) is 0 Å². The van der Waals surface area contributed by atoms with Crippen LogP contribution in [0.1, 0.15) is 39.3 Å². The summed E-state index contributed by atoms with van der Waals surface area (Å²) < 4.78 is -0.357. The fourth-order valence-corrected chi connectivity index (χ4v) is 14.0. The number of hydrogen-bond donors (Lipinski definition) is 0. The second kappa shape index (κ2) is 10.1. The Balaban J connectivity index is 1.87. The standard InChI is InChI=1S/C36H31ClGe/c1-38(2,37)36(30-23-13-6-14-24-30)32-26-16-15-25-31(32)33(27-17-7-3-8-18-27)34(28-19-9-4-10-20-28)35(36)29-21-11-5-12-22-29/h3-26,35H,1-2H3. The molecule has 0 bridgehead atoms. The predicted octanol–water partition coefficient (Wildman–Crippen LogP) is 9.71. The molecule has 2 unspecified atom stereocenters. The number of rotatable bonds is 5. The first-order chi connectivity index (χ1) is 18.5. The van der Waals surface area contributed by atoms with Crippen LogP contribution in [0.25, 0.3) is 11.1 Å². The van der Waals surface area contributed by atoms with Crippen molar-refractivity contribution in [1.82, 2.24) is 0 Å². The third kappa shape index (κ3) is 3.99. The van der Waals surface area contributed by atoms with Crippen molar-refractivity contribution in [2.45, 2.75) is 21.7 Å². The molecular weight excluding hydrogens is 540 g/mol. The first-order valence-corrected chi connectivity index (χ1v) is 21.3. The molecule has 5 aromatic rings. The van der Waals surface area contributed by atoms with Crippen LogP contribution in [0.4, 0.5) is 0 Å². The summed E-state index contributed by atoms with van der Waals surface area (Å²) in [4.78, 5) is 0. The average Bonchev–Trinajstić information content (AvgIpc) is 2.97. The molecule has 0 radical (unpaired) electrons. The van der Waals surface area contributed by atoms with Gasteiger partial charge in [0.05, 0.1) is 0 Å². The van der Waals surface area contributed by atoms with E-state index >= 15 is 0 Å². The van der Waals surface area contributed by atoms with Crippen molar-refractivity contribution in [2.24, 2.45) is 0 Å². The Kier molecular flexibility index (Phi) is 6.64. The summed E-state index contributed by atoms with van der Waals surface area (Å²) in [5.74, 6) is 4.79. The van der Waals surface area contributed by atoms with Crippen LogP contribution in [0.2, 0.25) is 11.5 Å². The molecule has 0 heterocycles. The number of allylic oxidation sites excluding steroid dienone is 1. The molecule has 186 valence electrons. The van der Waals surface area contributed by atoms with E-state index in [4.69, 9.17) is 10.0 Å². The topological polar surface area (TPSA) is 0 Å². The van der Waals surface area contributed by atoms with E-state index in [1.54, 1.807) is 0 Å². The van der Waals surface area contributed by atoms with Crippen LogP contribution in [-0.4, -0.2) is 12.3 Å². The fourth-order valence-electron chi connectivity index (χ4n) is 6.64. The number of fused-ring (bicyclic) bond motifs is 1. The number of benzene rings is 5. The first kappa shape index (κ1) is 25.0. The molecular formula is C36H31ClGe. The van der Waals surface area contributed by atoms with Crippen LogP contribution in [0.5, 0.6) is 0 Å². The Morgan fingerprint density at radius 3 is 1.61 bits per heavy atom. The van der Waals surface area contributed by atoms with Crippen LogP contribution in [0, 0.1) is 0 Å². The molecule has 0 nitrogen and oxygen atoms in total. The summed E-state index contributed by atoms with van der Waals surface area (Å²) in [5, 5.41) is 0. The summed E-state index contributed by atoms with van der Waals surface area (Å²) in [7, 11) is 7.89. The van der Waals surface area contributed by atoms with E-state index in [1.807, 2.05) is 0 Å². The third-order valence-corrected chi connectivity index (χ3v) is 15.3. The summed E-state index contributed by atoms with van der Waals surface area (Å²) in [6, 6.07) is 53.0. The van der Waals surface area contributed by atoms with Gasteiger partial charge >= 0.3 is 234 Å². The Morgan fingerprint density at radius 1 is 0.553 bits per heavy atom. The van der Waals surface area contributed by atoms with Crippen molar-refractivity contribution in [1.29, 1.82) is 0 Å². The second-order valence-electron chi connectivity index (χ2n) is 10.6. The van der Waals surface area contributed by atoms with Gasteiger partial charge in [-0.2, -0.15) is 0 Å². The van der Waals surface area contributed by atoms with E-state index in [0.29, 0.717) is 0 Å². The molecule has 6 rings (SSSR count). The zero-order valence-corrected chi connectivity index (χ0v) is 24.7. The van der Waals surface area contributed by atoms with Gasteiger partial charge in [0, 0.05) is 0 Å². The van der Waals surface area contributed by atoms with Crippen molar-refractivity contribution < 1.29 is 0 Å². The Hall–Kier alpha value is -3.33. The summed E-state index contributed by atoms with van der Waals surface area (Å²) in [5.41, 5.74) is 10.4. The second-order valence-corrected chi connectivity index (χ2v) is 23.3. The van der Waals surface area contributed by atoms with Crippen LogP contribution < -0.4 is 0 Å². The maximum absolute atomic E-state index is 7.89. The van der Waals surface area contributed by atoms with Gasteiger partial charge in [-0.25, -0.2) is 0 Å². The summed E-state index contributed by atoms with van der Waals surface area (Å²) in [6.45, 7) is 0. The van der Waals surface area contributed by atoms with E-state index in [1.165, 1.54) is 44.5 Å². The molecule has 1 aliphatic rings.